The normalized spacial score (nSPS) is 17.5. The van der Waals surface area contributed by atoms with Gasteiger partial charge in [-0.05, 0) is 19.1 Å². The molecule has 18 heavy (non-hydrogen) atoms. The Morgan fingerprint density at radius 3 is 2.39 bits per heavy atom. The van der Waals surface area contributed by atoms with Gasteiger partial charge in [-0.15, -0.1) is 0 Å². The standard InChI is InChI=1S/C14H18O4/c1-5-10-12(15-3)7-6-11(13(10)16-4)14(2)17-8-9-18-14/h5-7H,1,8-9H2,2-4H3. The molecule has 0 unspecified atom stereocenters. The summed E-state index contributed by atoms with van der Waals surface area (Å²) in [5.74, 6) is 0.621. The van der Waals surface area contributed by atoms with E-state index in [0.29, 0.717) is 24.7 Å². The third-order valence-corrected chi connectivity index (χ3v) is 3.11. The molecule has 4 nitrogen and oxygen atoms in total. The average molecular weight is 250 g/mol. The second-order valence-corrected chi connectivity index (χ2v) is 4.11. The predicted octanol–water partition coefficient (Wildman–Crippen LogP) is 2.57. The maximum absolute atomic E-state index is 5.66. The molecule has 1 aromatic carbocycles. The molecule has 0 bridgehead atoms. The monoisotopic (exact) mass is 250 g/mol. The molecule has 1 aromatic rings. The van der Waals surface area contributed by atoms with Crippen molar-refractivity contribution in [1.29, 1.82) is 0 Å². The second kappa shape index (κ2) is 5.00. The molecule has 0 saturated carbocycles. The van der Waals surface area contributed by atoms with Gasteiger partial charge in [-0.3, -0.25) is 0 Å². The fourth-order valence-corrected chi connectivity index (χ4v) is 2.20. The number of ether oxygens (including phenoxy) is 4. The van der Waals surface area contributed by atoms with E-state index in [-0.39, 0.29) is 0 Å². The summed E-state index contributed by atoms with van der Waals surface area (Å²) in [6.45, 7) is 6.84. The molecule has 0 spiro atoms. The van der Waals surface area contributed by atoms with E-state index in [1.807, 2.05) is 19.1 Å². The van der Waals surface area contributed by atoms with E-state index in [1.54, 1.807) is 20.3 Å². The van der Waals surface area contributed by atoms with Crippen LogP contribution in [0.15, 0.2) is 18.7 Å². The second-order valence-electron chi connectivity index (χ2n) is 4.11. The molecule has 1 fully saturated rings. The SMILES string of the molecule is C=Cc1c(OC)ccc(C2(C)OCCO2)c1OC. The van der Waals surface area contributed by atoms with Crippen molar-refractivity contribution in [1.82, 2.24) is 0 Å². The first-order valence-electron chi connectivity index (χ1n) is 5.82. The Labute approximate surface area is 107 Å². The maximum Gasteiger partial charge on any atom is 0.195 e. The van der Waals surface area contributed by atoms with Crippen molar-refractivity contribution in [3.8, 4) is 11.5 Å². The van der Waals surface area contributed by atoms with Crippen molar-refractivity contribution >= 4 is 6.08 Å². The van der Waals surface area contributed by atoms with Crippen molar-refractivity contribution in [2.45, 2.75) is 12.7 Å². The van der Waals surface area contributed by atoms with Gasteiger partial charge in [-0.1, -0.05) is 12.7 Å². The maximum atomic E-state index is 5.66. The van der Waals surface area contributed by atoms with Gasteiger partial charge in [0.15, 0.2) is 5.79 Å². The molecule has 1 aliphatic rings. The molecule has 0 amide bonds. The lowest BCUT2D eigenvalue weighted by Gasteiger charge is -2.26. The molecular weight excluding hydrogens is 232 g/mol. The minimum atomic E-state index is -0.768. The van der Waals surface area contributed by atoms with Crippen LogP contribution in [0.3, 0.4) is 0 Å². The Bertz CT molecular complexity index is 447. The molecule has 1 aliphatic heterocycles. The minimum absolute atomic E-state index is 0.578. The van der Waals surface area contributed by atoms with Crippen LogP contribution in [0, 0.1) is 0 Å². The zero-order chi connectivity index (χ0) is 13.2. The summed E-state index contributed by atoms with van der Waals surface area (Å²) in [4.78, 5) is 0. The first-order valence-corrected chi connectivity index (χ1v) is 5.82. The fourth-order valence-electron chi connectivity index (χ4n) is 2.20. The summed E-state index contributed by atoms with van der Waals surface area (Å²) < 4.78 is 22.1. The zero-order valence-corrected chi connectivity index (χ0v) is 11.0. The van der Waals surface area contributed by atoms with E-state index in [0.717, 1.165) is 11.1 Å². The van der Waals surface area contributed by atoms with Crippen LogP contribution in [0.5, 0.6) is 11.5 Å². The third kappa shape index (κ3) is 1.98. The first-order chi connectivity index (χ1) is 8.66. The Morgan fingerprint density at radius 1 is 1.22 bits per heavy atom. The zero-order valence-electron chi connectivity index (χ0n) is 11.0. The van der Waals surface area contributed by atoms with Crippen LogP contribution in [0.4, 0.5) is 0 Å². The van der Waals surface area contributed by atoms with Crippen LogP contribution in [0.1, 0.15) is 18.1 Å². The smallest absolute Gasteiger partial charge is 0.195 e. The number of hydrogen-bond donors (Lipinski definition) is 0. The van der Waals surface area contributed by atoms with E-state index < -0.39 is 5.79 Å². The Hall–Kier alpha value is -1.52. The molecule has 4 heteroatoms. The van der Waals surface area contributed by atoms with Gasteiger partial charge in [-0.25, -0.2) is 0 Å². The van der Waals surface area contributed by atoms with E-state index in [4.69, 9.17) is 18.9 Å². The van der Waals surface area contributed by atoms with Gasteiger partial charge in [0.05, 0.1) is 38.6 Å². The lowest BCUT2D eigenvalue weighted by Crippen LogP contribution is -2.23. The summed E-state index contributed by atoms with van der Waals surface area (Å²) in [5.41, 5.74) is 1.65. The number of rotatable bonds is 4. The largest absolute Gasteiger partial charge is 0.496 e. The molecular formula is C14H18O4. The van der Waals surface area contributed by atoms with Crippen LogP contribution in [0.2, 0.25) is 0 Å². The van der Waals surface area contributed by atoms with Gasteiger partial charge >= 0.3 is 0 Å². The fraction of sp³-hybridized carbons (Fsp3) is 0.429. The number of hydrogen-bond acceptors (Lipinski definition) is 4. The highest BCUT2D eigenvalue weighted by atomic mass is 16.7. The summed E-state index contributed by atoms with van der Waals surface area (Å²) >= 11 is 0. The summed E-state index contributed by atoms with van der Waals surface area (Å²) in [7, 11) is 3.23. The molecule has 0 atom stereocenters. The van der Waals surface area contributed by atoms with Crippen LogP contribution < -0.4 is 9.47 Å². The van der Waals surface area contributed by atoms with Crippen molar-refractivity contribution in [3.05, 3.63) is 29.8 Å². The average Bonchev–Trinajstić information content (AvgIpc) is 2.84. The third-order valence-electron chi connectivity index (χ3n) is 3.11. The molecule has 0 aromatic heterocycles. The Morgan fingerprint density at radius 2 is 1.89 bits per heavy atom. The quantitative estimate of drug-likeness (QED) is 0.823. The number of methoxy groups -OCH3 is 2. The van der Waals surface area contributed by atoms with Crippen molar-refractivity contribution in [2.24, 2.45) is 0 Å². The van der Waals surface area contributed by atoms with Crippen molar-refractivity contribution < 1.29 is 18.9 Å². The molecule has 0 radical (unpaired) electrons. The molecule has 2 rings (SSSR count). The molecule has 0 N–H and O–H groups in total. The summed E-state index contributed by atoms with van der Waals surface area (Å²) in [5, 5.41) is 0. The Balaban J connectivity index is 2.57. The van der Waals surface area contributed by atoms with E-state index in [2.05, 4.69) is 6.58 Å². The predicted molar refractivity (Wildman–Crippen MR) is 68.9 cm³/mol. The lowest BCUT2D eigenvalue weighted by molar-refractivity contribution is -0.150. The van der Waals surface area contributed by atoms with Crippen LogP contribution in [-0.4, -0.2) is 27.4 Å². The van der Waals surface area contributed by atoms with Gasteiger partial charge in [0.2, 0.25) is 0 Å². The molecule has 98 valence electrons. The number of benzene rings is 1. The topological polar surface area (TPSA) is 36.9 Å². The first kappa shape index (κ1) is 12.9. The van der Waals surface area contributed by atoms with Crippen molar-refractivity contribution in [2.75, 3.05) is 27.4 Å². The van der Waals surface area contributed by atoms with Crippen LogP contribution >= 0.6 is 0 Å². The van der Waals surface area contributed by atoms with Gasteiger partial charge in [0, 0.05) is 0 Å². The van der Waals surface area contributed by atoms with E-state index in [1.165, 1.54) is 0 Å². The van der Waals surface area contributed by atoms with Crippen LogP contribution in [-0.2, 0) is 15.3 Å². The highest BCUT2D eigenvalue weighted by Crippen LogP contribution is 2.42. The van der Waals surface area contributed by atoms with Gasteiger partial charge in [0.1, 0.15) is 11.5 Å². The lowest BCUT2D eigenvalue weighted by atomic mass is 10.0. The summed E-state index contributed by atoms with van der Waals surface area (Å²) in [6, 6.07) is 3.77. The highest BCUT2D eigenvalue weighted by Gasteiger charge is 2.37. The van der Waals surface area contributed by atoms with Gasteiger partial charge in [0.25, 0.3) is 0 Å². The van der Waals surface area contributed by atoms with E-state index in [9.17, 15) is 0 Å². The Kier molecular flexibility index (Phi) is 3.59. The van der Waals surface area contributed by atoms with Crippen molar-refractivity contribution in [3.63, 3.8) is 0 Å². The minimum Gasteiger partial charge on any atom is -0.496 e. The van der Waals surface area contributed by atoms with Gasteiger partial charge in [-0.2, -0.15) is 0 Å². The highest BCUT2D eigenvalue weighted by molar-refractivity contribution is 5.66. The molecule has 1 saturated heterocycles. The van der Waals surface area contributed by atoms with Gasteiger partial charge < -0.3 is 18.9 Å². The summed E-state index contributed by atoms with van der Waals surface area (Å²) in [6.07, 6.45) is 1.71. The van der Waals surface area contributed by atoms with Crippen LogP contribution in [0.25, 0.3) is 6.08 Å². The van der Waals surface area contributed by atoms with E-state index >= 15 is 0 Å². The molecule has 0 aliphatic carbocycles. The molecule has 1 heterocycles.